The van der Waals surface area contributed by atoms with Gasteiger partial charge >= 0.3 is 12.2 Å². The quantitative estimate of drug-likeness (QED) is 0.408. The van der Waals surface area contributed by atoms with Gasteiger partial charge in [0.2, 0.25) is 0 Å². The Morgan fingerprint density at radius 2 is 1.72 bits per heavy atom. The van der Waals surface area contributed by atoms with Crippen LogP contribution in [0.25, 0.3) is 0 Å². The number of ether oxygens (including phenoxy) is 2. The second-order valence-corrected chi connectivity index (χ2v) is 12.1. The Labute approximate surface area is 225 Å². The Morgan fingerprint density at radius 1 is 1.10 bits per heavy atom. The zero-order valence-electron chi connectivity index (χ0n) is 20.1. The molecular weight excluding hydrogens is 565 g/mol. The number of methoxy groups -OCH3 is 1. The standard InChI is InChI=1S/C25H20ClF3N2O7S/c1-37-23(33)31-11-25(38-24(31)34)9-13-2-3-14(10-25)21(13)39(35,36)19-6-12(4-5-16(19)26)22(32)30-15-7-17(27)20(29)18(28)8-15/h2-8,13-14,21H,9-11H2,1H3,(H,30,32). The number of nitrogens with one attached hydrogen (secondary N) is 1. The Morgan fingerprint density at radius 3 is 2.31 bits per heavy atom. The molecule has 3 aliphatic rings. The predicted octanol–water partition coefficient (Wildman–Crippen LogP) is 4.71. The highest BCUT2D eigenvalue weighted by Gasteiger charge is 2.58. The third-order valence-corrected chi connectivity index (χ3v) is 9.94. The van der Waals surface area contributed by atoms with Crippen molar-refractivity contribution < 1.29 is 45.4 Å². The summed E-state index contributed by atoms with van der Waals surface area (Å²) in [5.74, 6) is -6.79. The van der Waals surface area contributed by atoms with Crippen LogP contribution in [0.5, 0.6) is 0 Å². The van der Waals surface area contributed by atoms with E-state index in [-0.39, 0.29) is 40.6 Å². The van der Waals surface area contributed by atoms with E-state index in [1.54, 1.807) is 12.2 Å². The van der Waals surface area contributed by atoms with Crippen molar-refractivity contribution >= 4 is 45.2 Å². The van der Waals surface area contributed by atoms with Crippen LogP contribution in [-0.2, 0) is 19.3 Å². The topological polar surface area (TPSA) is 119 Å². The molecular formula is C25H20ClF3N2O7S. The van der Waals surface area contributed by atoms with E-state index < -0.39 is 68.1 Å². The van der Waals surface area contributed by atoms with Crippen LogP contribution in [-0.4, -0.2) is 55.9 Å². The Hall–Kier alpha value is -3.58. The van der Waals surface area contributed by atoms with Crippen LogP contribution in [0.15, 0.2) is 47.4 Å². The number of benzene rings is 2. The first-order valence-corrected chi connectivity index (χ1v) is 13.5. The van der Waals surface area contributed by atoms with Crippen molar-refractivity contribution in [1.82, 2.24) is 4.90 Å². The first-order valence-electron chi connectivity index (χ1n) is 11.6. The average Bonchev–Trinajstić information content (AvgIpc) is 3.35. The molecule has 2 aliphatic carbocycles. The molecule has 9 nitrogen and oxygen atoms in total. The largest absolute Gasteiger partial charge is 0.452 e. The first-order chi connectivity index (χ1) is 18.3. The summed E-state index contributed by atoms with van der Waals surface area (Å²) in [6, 6.07) is 4.67. The number of fused-ring (bicyclic) bond motifs is 2. The van der Waals surface area contributed by atoms with E-state index in [1.165, 1.54) is 12.1 Å². The van der Waals surface area contributed by atoms with Gasteiger partial charge in [0.1, 0.15) is 5.60 Å². The van der Waals surface area contributed by atoms with E-state index in [0.29, 0.717) is 12.1 Å². The molecule has 3 amide bonds. The molecule has 1 N–H and O–H groups in total. The van der Waals surface area contributed by atoms with Crippen molar-refractivity contribution in [3.8, 4) is 0 Å². The third kappa shape index (κ3) is 4.63. The average molecular weight is 585 g/mol. The lowest BCUT2D eigenvalue weighted by atomic mass is 9.76. The van der Waals surface area contributed by atoms with Crippen LogP contribution < -0.4 is 5.32 Å². The molecule has 0 aromatic heterocycles. The third-order valence-electron chi connectivity index (χ3n) is 7.13. The van der Waals surface area contributed by atoms with Crippen LogP contribution in [0.3, 0.4) is 0 Å². The highest BCUT2D eigenvalue weighted by atomic mass is 35.5. The summed E-state index contributed by atoms with van der Waals surface area (Å²) < 4.78 is 78.1. The normalized spacial score (nSPS) is 25.6. The molecule has 1 heterocycles. The van der Waals surface area contributed by atoms with Crippen molar-refractivity contribution in [3.63, 3.8) is 0 Å². The maximum atomic E-state index is 13.8. The fourth-order valence-electron chi connectivity index (χ4n) is 5.52. The Balaban J connectivity index is 1.39. The number of allylic oxidation sites excluding steroid dienone is 2. The van der Waals surface area contributed by atoms with Crippen molar-refractivity contribution in [2.24, 2.45) is 11.8 Å². The van der Waals surface area contributed by atoms with Gasteiger partial charge in [-0.3, -0.25) is 4.79 Å². The van der Waals surface area contributed by atoms with Gasteiger partial charge in [0.25, 0.3) is 5.91 Å². The van der Waals surface area contributed by atoms with Crippen LogP contribution in [0.1, 0.15) is 23.2 Å². The zero-order valence-corrected chi connectivity index (χ0v) is 21.7. The van der Waals surface area contributed by atoms with Gasteiger partial charge in [0, 0.05) is 23.4 Å². The lowest BCUT2D eigenvalue weighted by Crippen LogP contribution is -2.49. The minimum atomic E-state index is -4.16. The summed E-state index contributed by atoms with van der Waals surface area (Å²) in [5.41, 5.74) is -1.63. The number of sulfone groups is 1. The molecule has 2 aromatic rings. The zero-order chi connectivity index (χ0) is 28.3. The predicted molar refractivity (Wildman–Crippen MR) is 130 cm³/mol. The molecule has 2 bridgehead atoms. The number of carbonyl (C=O) groups excluding carboxylic acids is 3. The Bertz CT molecular complexity index is 1510. The molecule has 5 rings (SSSR count). The van der Waals surface area contributed by atoms with Gasteiger partial charge in [-0.2, -0.15) is 0 Å². The number of nitrogens with zero attached hydrogens (tertiary/aromatic N) is 1. The molecule has 14 heteroatoms. The second kappa shape index (κ2) is 9.56. The summed E-state index contributed by atoms with van der Waals surface area (Å²) >= 11 is 6.25. The fourth-order valence-corrected chi connectivity index (χ4v) is 8.18. The van der Waals surface area contributed by atoms with E-state index in [1.807, 2.05) is 0 Å². The number of hydrogen-bond donors (Lipinski definition) is 1. The number of amides is 3. The van der Waals surface area contributed by atoms with E-state index in [2.05, 4.69) is 10.1 Å². The summed E-state index contributed by atoms with van der Waals surface area (Å²) in [6.45, 7) is -0.0824. The lowest BCUT2D eigenvalue weighted by Gasteiger charge is -2.40. The summed E-state index contributed by atoms with van der Waals surface area (Å²) in [4.78, 5) is 37.4. The van der Waals surface area contributed by atoms with Gasteiger partial charge in [-0.05, 0) is 42.9 Å². The summed E-state index contributed by atoms with van der Waals surface area (Å²) in [7, 11) is -3.03. The molecule has 1 aliphatic heterocycles. The van der Waals surface area contributed by atoms with Gasteiger partial charge < -0.3 is 14.8 Å². The highest BCUT2D eigenvalue weighted by Crippen LogP contribution is 2.51. The monoisotopic (exact) mass is 584 g/mol. The molecule has 2 aromatic carbocycles. The van der Waals surface area contributed by atoms with Gasteiger partial charge in [-0.15, -0.1) is 0 Å². The molecule has 2 atom stereocenters. The van der Waals surface area contributed by atoms with Crippen molar-refractivity contribution in [2.75, 3.05) is 19.0 Å². The molecule has 0 radical (unpaired) electrons. The second-order valence-electron chi connectivity index (χ2n) is 9.59. The van der Waals surface area contributed by atoms with Crippen LogP contribution in [0, 0.1) is 29.3 Å². The lowest BCUT2D eigenvalue weighted by molar-refractivity contribution is 0.00816. The highest BCUT2D eigenvalue weighted by molar-refractivity contribution is 7.92. The number of imide groups is 1. The molecule has 1 saturated heterocycles. The van der Waals surface area contributed by atoms with Gasteiger partial charge in [0.05, 0.1) is 28.8 Å². The SMILES string of the molecule is COC(=O)N1CC2(CC3C=CC(C2)C3S(=O)(=O)c2cc(C(=O)Nc3cc(F)c(F)c(F)c3)ccc2Cl)OC1=O. The molecule has 39 heavy (non-hydrogen) atoms. The maximum Gasteiger partial charge on any atom is 0.420 e. The molecule has 206 valence electrons. The van der Waals surface area contributed by atoms with Crippen LogP contribution >= 0.6 is 11.6 Å². The minimum Gasteiger partial charge on any atom is -0.452 e. The minimum absolute atomic E-state index is 0.0824. The number of halogens is 4. The van der Waals surface area contributed by atoms with Gasteiger partial charge in [-0.1, -0.05) is 23.8 Å². The number of hydrogen-bond acceptors (Lipinski definition) is 7. The first kappa shape index (κ1) is 27.0. The van der Waals surface area contributed by atoms with Crippen LogP contribution in [0.2, 0.25) is 5.02 Å². The van der Waals surface area contributed by atoms with Crippen molar-refractivity contribution in [3.05, 3.63) is 70.5 Å². The molecule has 2 unspecified atom stereocenters. The Kier molecular flexibility index (Phi) is 6.62. The number of carbonyl (C=O) groups is 3. The number of anilines is 1. The van der Waals surface area contributed by atoms with E-state index in [4.69, 9.17) is 16.3 Å². The van der Waals surface area contributed by atoms with E-state index >= 15 is 0 Å². The van der Waals surface area contributed by atoms with E-state index in [9.17, 15) is 36.0 Å². The fraction of sp³-hybridized carbons (Fsp3) is 0.320. The van der Waals surface area contributed by atoms with Crippen molar-refractivity contribution in [1.29, 1.82) is 0 Å². The van der Waals surface area contributed by atoms with Gasteiger partial charge in [0.15, 0.2) is 27.3 Å². The smallest absolute Gasteiger partial charge is 0.420 e. The molecule has 1 spiro atoms. The maximum absolute atomic E-state index is 13.8. The van der Waals surface area contributed by atoms with Crippen LogP contribution in [0.4, 0.5) is 28.4 Å². The molecule has 2 fully saturated rings. The molecule has 1 saturated carbocycles. The van der Waals surface area contributed by atoms with Gasteiger partial charge in [-0.25, -0.2) is 36.1 Å². The number of rotatable bonds is 4. The van der Waals surface area contributed by atoms with Crippen molar-refractivity contribution in [2.45, 2.75) is 28.6 Å². The summed E-state index contributed by atoms with van der Waals surface area (Å²) in [6.07, 6.45) is 1.95. The summed E-state index contributed by atoms with van der Waals surface area (Å²) in [5, 5.41) is 1.08. The van der Waals surface area contributed by atoms with E-state index in [0.717, 1.165) is 18.1 Å².